The zero-order valence-electron chi connectivity index (χ0n) is 16.1. The van der Waals surface area contributed by atoms with Crippen LogP contribution in [-0.2, 0) is 17.8 Å². The van der Waals surface area contributed by atoms with Crippen molar-refractivity contribution in [3.63, 3.8) is 0 Å². The van der Waals surface area contributed by atoms with Crippen LogP contribution in [0.2, 0.25) is 0 Å². The van der Waals surface area contributed by atoms with Gasteiger partial charge in [-0.2, -0.15) is 4.98 Å². The van der Waals surface area contributed by atoms with Crippen LogP contribution < -0.4 is 0 Å². The second-order valence-electron chi connectivity index (χ2n) is 7.13. The van der Waals surface area contributed by atoms with Gasteiger partial charge in [0.25, 0.3) is 0 Å². The van der Waals surface area contributed by atoms with Gasteiger partial charge < -0.3 is 9.42 Å². The van der Waals surface area contributed by atoms with Crippen LogP contribution in [0, 0.1) is 5.82 Å². The third-order valence-corrected chi connectivity index (χ3v) is 5.11. The number of carbonyl (C=O) groups excluding carboxylic acids is 1. The molecular weight excluding hydrogens is 371 g/mol. The predicted molar refractivity (Wildman–Crippen MR) is 106 cm³/mol. The largest absolute Gasteiger partial charge is 0.340 e. The Bertz CT molecular complexity index is 952. The maximum Gasteiger partial charge on any atom is 0.227 e. The van der Waals surface area contributed by atoms with Crippen LogP contribution in [0.3, 0.4) is 0 Å². The number of piperazine rings is 1. The molecule has 0 unspecified atom stereocenters. The van der Waals surface area contributed by atoms with E-state index in [1.54, 1.807) is 18.2 Å². The topological polar surface area (TPSA) is 62.5 Å². The van der Waals surface area contributed by atoms with Gasteiger partial charge in [0, 0.05) is 45.6 Å². The fraction of sp³-hybridized carbons (Fsp3) is 0.318. The highest BCUT2D eigenvalue weighted by molar-refractivity contribution is 5.76. The molecular formula is C22H23FN4O2. The quantitative estimate of drug-likeness (QED) is 0.643. The highest BCUT2D eigenvalue weighted by atomic mass is 19.1. The zero-order chi connectivity index (χ0) is 20.1. The van der Waals surface area contributed by atoms with Crippen molar-refractivity contribution in [2.24, 2.45) is 0 Å². The van der Waals surface area contributed by atoms with Crippen LogP contribution >= 0.6 is 0 Å². The van der Waals surface area contributed by atoms with Gasteiger partial charge in [-0.3, -0.25) is 9.69 Å². The summed E-state index contributed by atoms with van der Waals surface area (Å²) in [4.78, 5) is 21.0. The number of hydrogen-bond donors (Lipinski definition) is 0. The monoisotopic (exact) mass is 394 g/mol. The zero-order valence-corrected chi connectivity index (χ0v) is 16.1. The first-order chi connectivity index (χ1) is 14.2. The van der Waals surface area contributed by atoms with Crippen LogP contribution in [0.15, 0.2) is 59.1 Å². The van der Waals surface area contributed by atoms with Crippen LogP contribution in [0.1, 0.15) is 17.9 Å². The first-order valence-electron chi connectivity index (χ1n) is 9.80. The molecule has 0 bridgehead atoms. The lowest BCUT2D eigenvalue weighted by atomic mass is 10.2. The van der Waals surface area contributed by atoms with Crippen LogP contribution in [0.5, 0.6) is 0 Å². The van der Waals surface area contributed by atoms with Crippen molar-refractivity contribution >= 4 is 5.91 Å². The molecule has 1 aliphatic heterocycles. The Hall–Kier alpha value is -3.06. The molecule has 7 heteroatoms. The Kier molecular flexibility index (Phi) is 5.95. The Morgan fingerprint density at radius 1 is 1.00 bits per heavy atom. The normalized spacial score (nSPS) is 14.9. The van der Waals surface area contributed by atoms with E-state index in [-0.39, 0.29) is 11.7 Å². The Morgan fingerprint density at radius 3 is 2.48 bits per heavy atom. The fourth-order valence-corrected chi connectivity index (χ4v) is 3.48. The van der Waals surface area contributed by atoms with E-state index >= 15 is 0 Å². The van der Waals surface area contributed by atoms with Crippen molar-refractivity contribution in [3.8, 4) is 11.4 Å². The molecule has 2 heterocycles. The summed E-state index contributed by atoms with van der Waals surface area (Å²) < 4.78 is 19.0. The molecule has 1 aliphatic rings. The lowest BCUT2D eigenvalue weighted by Gasteiger charge is -2.34. The lowest BCUT2D eigenvalue weighted by molar-refractivity contribution is -0.133. The molecule has 0 spiro atoms. The van der Waals surface area contributed by atoms with Gasteiger partial charge >= 0.3 is 0 Å². The van der Waals surface area contributed by atoms with Crippen LogP contribution in [-0.4, -0.2) is 52.0 Å². The molecule has 29 heavy (non-hydrogen) atoms. The third kappa shape index (κ3) is 4.86. The number of nitrogens with zero attached hydrogens (tertiary/aromatic N) is 4. The molecule has 0 atom stereocenters. The second kappa shape index (κ2) is 8.96. The van der Waals surface area contributed by atoms with E-state index in [1.165, 1.54) is 11.6 Å². The first-order valence-corrected chi connectivity index (χ1v) is 9.80. The second-order valence-corrected chi connectivity index (χ2v) is 7.13. The smallest absolute Gasteiger partial charge is 0.227 e. The van der Waals surface area contributed by atoms with Gasteiger partial charge in [0.2, 0.25) is 17.6 Å². The minimum Gasteiger partial charge on any atom is -0.340 e. The average molecular weight is 394 g/mol. The van der Waals surface area contributed by atoms with Gasteiger partial charge in [0.05, 0.1) is 5.56 Å². The number of amides is 1. The number of carbonyl (C=O) groups is 1. The maximum absolute atomic E-state index is 13.8. The number of halogens is 1. The average Bonchev–Trinajstić information content (AvgIpc) is 3.22. The molecule has 1 fully saturated rings. The number of benzene rings is 2. The molecule has 0 radical (unpaired) electrons. The van der Waals surface area contributed by atoms with Gasteiger partial charge in [-0.15, -0.1) is 0 Å². The van der Waals surface area contributed by atoms with Gasteiger partial charge in [0.15, 0.2) is 0 Å². The van der Waals surface area contributed by atoms with Crippen molar-refractivity contribution in [2.45, 2.75) is 19.4 Å². The fourth-order valence-electron chi connectivity index (χ4n) is 3.48. The summed E-state index contributed by atoms with van der Waals surface area (Å²) in [6.07, 6.45) is 0.655. The van der Waals surface area contributed by atoms with Crippen molar-refractivity contribution < 1.29 is 13.7 Å². The van der Waals surface area contributed by atoms with Gasteiger partial charge in [-0.1, -0.05) is 47.6 Å². The van der Waals surface area contributed by atoms with Crippen molar-refractivity contribution in [1.29, 1.82) is 0 Å². The molecule has 0 saturated carbocycles. The van der Waals surface area contributed by atoms with Crippen molar-refractivity contribution in [3.05, 3.63) is 71.9 Å². The molecule has 150 valence electrons. The Balaban J connectivity index is 1.25. The summed E-state index contributed by atoms with van der Waals surface area (Å²) in [6, 6.07) is 16.6. The summed E-state index contributed by atoms with van der Waals surface area (Å²) in [5.74, 6) is 0.235. The molecule has 4 rings (SSSR count). The Labute approximate surface area is 168 Å². The van der Waals surface area contributed by atoms with E-state index < -0.39 is 5.82 Å². The summed E-state index contributed by atoms with van der Waals surface area (Å²) in [7, 11) is 0. The van der Waals surface area contributed by atoms with Gasteiger partial charge in [0.1, 0.15) is 5.82 Å². The van der Waals surface area contributed by atoms with Gasteiger partial charge in [-0.05, 0) is 17.7 Å². The minimum atomic E-state index is -0.399. The Morgan fingerprint density at radius 2 is 1.72 bits per heavy atom. The predicted octanol–water partition coefficient (Wildman–Crippen LogP) is 3.15. The van der Waals surface area contributed by atoms with Crippen molar-refractivity contribution in [2.75, 3.05) is 26.2 Å². The number of aromatic nitrogens is 2. The first kappa shape index (κ1) is 19.3. The van der Waals surface area contributed by atoms with E-state index in [4.69, 9.17) is 4.52 Å². The van der Waals surface area contributed by atoms with Crippen molar-refractivity contribution in [1.82, 2.24) is 19.9 Å². The molecule has 0 N–H and O–H groups in total. The van der Waals surface area contributed by atoms with Gasteiger partial charge in [-0.25, -0.2) is 4.39 Å². The molecule has 1 amide bonds. The summed E-state index contributed by atoms with van der Waals surface area (Å²) in [6.45, 7) is 4.06. The molecule has 0 aliphatic carbocycles. The molecule has 3 aromatic rings. The molecule has 1 aromatic heterocycles. The third-order valence-electron chi connectivity index (χ3n) is 5.11. The summed E-state index contributed by atoms with van der Waals surface area (Å²) in [5.41, 5.74) is 1.58. The SMILES string of the molecule is O=C(CCc1nc(-c2ccccc2F)no1)N1CCN(Cc2ccccc2)CC1. The maximum atomic E-state index is 13.8. The minimum absolute atomic E-state index is 0.0787. The number of aryl methyl sites for hydroxylation is 1. The lowest BCUT2D eigenvalue weighted by Crippen LogP contribution is -2.48. The molecule has 6 nitrogen and oxygen atoms in total. The molecule has 1 saturated heterocycles. The van der Waals surface area contributed by atoms with E-state index in [0.29, 0.717) is 24.3 Å². The highest BCUT2D eigenvalue weighted by Crippen LogP contribution is 2.19. The van der Waals surface area contributed by atoms with E-state index in [9.17, 15) is 9.18 Å². The van der Waals surface area contributed by atoms with E-state index in [2.05, 4.69) is 27.2 Å². The van der Waals surface area contributed by atoms with Crippen LogP contribution in [0.4, 0.5) is 4.39 Å². The number of rotatable bonds is 6. The van der Waals surface area contributed by atoms with E-state index in [0.717, 1.165) is 32.7 Å². The van der Waals surface area contributed by atoms with E-state index in [1.807, 2.05) is 23.1 Å². The molecule has 2 aromatic carbocycles. The van der Waals surface area contributed by atoms with Crippen LogP contribution in [0.25, 0.3) is 11.4 Å². The number of hydrogen-bond acceptors (Lipinski definition) is 5. The summed E-state index contributed by atoms with van der Waals surface area (Å²) >= 11 is 0. The standard InChI is InChI=1S/C22H23FN4O2/c23-19-9-5-4-8-18(19)22-24-20(29-25-22)10-11-21(28)27-14-12-26(13-15-27)16-17-6-2-1-3-7-17/h1-9H,10-16H2. The highest BCUT2D eigenvalue weighted by Gasteiger charge is 2.22. The summed E-state index contributed by atoms with van der Waals surface area (Å²) in [5, 5.41) is 3.83.